The molecule has 0 aromatic heterocycles. The summed E-state index contributed by atoms with van der Waals surface area (Å²) in [5.41, 5.74) is 4.17. The van der Waals surface area contributed by atoms with Crippen LogP contribution < -0.4 is 15.5 Å². The lowest BCUT2D eigenvalue weighted by Gasteiger charge is -2.21. The van der Waals surface area contributed by atoms with Crippen LogP contribution in [-0.4, -0.2) is 18.2 Å². The maximum absolute atomic E-state index is 6.03. The van der Waals surface area contributed by atoms with Crippen molar-refractivity contribution in [3.8, 4) is 0 Å². The summed E-state index contributed by atoms with van der Waals surface area (Å²) in [6, 6.07) is 14.0. The first-order valence-corrected chi connectivity index (χ1v) is 8.51. The van der Waals surface area contributed by atoms with E-state index in [-0.39, 0.29) is 0 Å². The number of benzene rings is 2. The van der Waals surface area contributed by atoms with Gasteiger partial charge in [-0.05, 0) is 75.0 Å². The van der Waals surface area contributed by atoms with Crippen molar-refractivity contribution in [1.29, 1.82) is 0 Å². The van der Waals surface area contributed by atoms with E-state index in [0.717, 1.165) is 30.0 Å². The molecule has 122 valence electrons. The van der Waals surface area contributed by atoms with E-state index < -0.39 is 0 Å². The van der Waals surface area contributed by atoms with Crippen molar-refractivity contribution in [1.82, 2.24) is 0 Å². The van der Waals surface area contributed by atoms with Gasteiger partial charge in [-0.25, -0.2) is 0 Å². The van der Waals surface area contributed by atoms with E-state index in [0.29, 0.717) is 10.1 Å². The van der Waals surface area contributed by atoms with Gasteiger partial charge in [-0.3, -0.25) is 0 Å². The molecule has 0 aliphatic carbocycles. The van der Waals surface area contributed by atoms with Crippen LogP contribution in [0.5, 0.6) is 0 Å². The van der Waals surface area contributed by atoms with E-state index in [9.17, 15) is 0 Å². The van der Waals surface area contributed by atoms with Crippen LogP contribution in [0.3, 0.4) is 0 Å². The van der Waals surface area contributed by atoms with Crippen molar-refractivity contribution in [3.63, 3.8) is 0 Å². The van der Waals surface area contributed by atoms with Gasteiger partial charge in [0.05, 0.1) is 0 Å². The highest BCUT2D eigenvalue weighted by atomic mass is 35.5. The van der Waals surface area contributed by atoms with Crippen LogP contribution in [-0.2, 0) is 0 Å². The molecule has 0 saturated heterocycles. The maximum atomic E-state index is 6.03. The van der Waals surface area contributed by atoms with Crippen LogP contribution in [0, 0.1) is 6.92 Å². The minimum absolute atomic E-state index is 0.547. The van der Waals surface area contributed by atoms with Crippen molar-refractivity contribution in [2.75, 3.05) is 28.6 Å². The Morgan fingerprint density at radius 1 is 1.04 bits per heavy atom. The fourth-order valence-electron chi connectivity index (χ4n) is 2.36. The summed E-state index contributed by atoms with van der Waals surface area (Å²) in [5, 5.41) is 7.61. The SMILES string of the molecule is CCN(CC)c1ccc(NC(=S)Nc2cc(Cl)ccc2C)cc1. The quantitative estimate of drug-likeness (QED) is 0.717. The third-order valence-corrected chi connectivity index (χ3v) is 4.14. The Balaban J connectivity index is 2.01. The molecule has 2 aromatic rings. The van der Waals surface area contributed by atoms with Gasteiger partial charge in [-0.2, -0.15) is 0 Å². The smallest absolute Gasteiger partial charge is 0.175 e. The van der Waals surface area contributed by atoms with Gasteiger partial charge < -0.3 is 15.5 Å². The highest BCUT2D eigenvalue weighted by Gasteiger charge is 2.04. The van der Waals surface area contributed by atoms with Gasteiger partial charge in [-0.1, -0.05) is 17.7 Å². The number of aryl methyl sites for hydroxylation is 1. The Labute approximate surface area is 148 Å². The number of halogens is 1. The van der Waals surface area contributed by atoms with Crippen LogP contribution in [0.15, 0.2) is 42.5 Å². The highest BCUT2D eigenvalue weighted by Crippen LogP contribution is 2.21. The first-order chi connectivity index (χ1) is 11.0. The van der Waals surface area contributed by atoms with E-state index in [2.05, 4.69) is 41.5 Å². The monoisotopic (exact) mass is 347 g/mol. The Morgan fingerprint density at radius 3 is 2.30 bits per heavy atom. The molecule has 0 aliphatic rings. The Kier molecular flexibility index (Phi) is 6.25. The molecule has 2 rings (SSSR count). The average Bonchev–Trinajstić information content (AvgIpc) is 2.53. The minimum atomic E-state index is 0.547. The normalized spacial score (nSPS) is 10.3. The Hall–Kier alpha value is -1.78. The van der Waals surface area contributed by atoms with Gasteiger partial charge in [0, 0.05) is 35.2 Å². The molecule has 0 heterocycles. The fourth-order valence-corrected chi connectivity index (χ4v) is 2.76. The highest BCUT2D eigenvalue weighted by molar-refractivity contribution is 7.80. The molecule has 3 nitrogen and oxygen atoms in total. The number of hydrogen-bond acceptors (Lipinski definition) is 2. The summed E-state index contributed by atoms with van der Waals surface area (Å²) < 4.78 is 0. The van der Waals surface area contributed by atoms with Crippen molar-refractivity contribution in [3.05, 3.63) is 53.1 Å². The molecule has 0 aliphatic heterocycles. The van der Waals surface area contributed by atoms with Crippen molar-refractivity contribution in [2.24, 2.45) is 0 Å². The largest absolute Gasteiger partial charge is 0.372 e. The summed E-state index contributed by atoms with van der Waals surface area (Å²) in [6.45, 7) is 8.32. The molecule has 5 heteroatoms. The molecule has 0 bridgehead atoms. The summed E-state index contributed by atoms with van der Waals surface area (Å²) in [4.78, 5) is 2.30. The van der Waals surface area contributed by atoms with Crippen LogP contribution in [0.4, 0.5) is 17.1 Å². The third-order valence-electron chi connectivity index (χ3n) is 3.70. The molecule has 0 amide bonds. The number of anilines is 3. The van der Waals surface area contributed by atoms with Gasteiger partial charge in [-0.15, -0.1) is 0 Å². The molecule has 2 N–H and O–H groups in total. The Bertz CT molecular complexity index is 666. The number of nitrogens with zero attached hydrogens (tertiary/aromatic N) is 1. The average molecular weight is 348 g/mol. The number of rotatable bonds is 5. The van der Waals surface area contributed by atoms with E-state index in [1.807, 2.05) is 37.3 Å². The van der Waals surface area contributed by atoms with Crippen LogP contribution in [0.25, 0.3) is 0 Å². The lowest BCUT2D eigenvalue weighted by Crippen LogP contribution is -2.22. The molecule has 0 saturated carbocycles. The number of thiocarbonyl (C=S) groups is 1. The zero-order chi connectivity index (χ0) is 16.8. The van der Waals surface area contributed by atoms with Gasteiger partial charge >= 0.3 is 0 Å². The predicted molar refractivity (Wildman–Crippen MR) is 106 cm³/mol. The lowest BCUT2D eigenvalue weighted by molar-refractivity contribution is 0.866. The summed E-state index contributed by atoms with van der Waals surface area (Å²) in [7, 11) is 0. The maximum Gasteiger partial charge on any atom is 0.175 e. The molecular weight excluding hydrogens is 326 g/mol. The molecule has 0 radical (unpaired) electrons. The van der Waals surface area contributed by atoms with E-state index in [4.69, 9.17) is 23.8 Å². The third kappa shape index (κ3) is 4.85. The standard InChI is InChI=1S/C18H22ClN3S/c1-4-22(5-2)16-10-8-15(9-11-16)20-18(23)21-17-12-14(19)7-6-13(17)3/h6-12H,4-5H2,1-3H3,(H2,20,21,23). The lowest BCUT2D eigenvalue weighted by atomic mass is 10.2. The number of nitrogens with one attached hydrogen (secondary N) is 2. The zero-order valence-electron chi connectivity index (χ0n) is 13.7. The molecule has 0 spiro atoms. The van der Waals surface area contributed by atoms with Crippen molar-refractivity contribution < 1.29 is 0 Å². The first-order valence-electron chi connectivity index (χ1n) is 7.72. The molecule has 23 heavy (non-hydrogen) atoms. The van der Waals surface area contributed by atoms with Gasteiger partial charge in [0.1, 0.15) is 0 Å². The predicted octanol–water partition coefficient (Wildman–Crippen LogP) is 5.30. The number of hydrogen-bond donors (Lipinski definition) is 2. The summed E-state index contributed by atoms with van der Waals surface area (Å²) >= 11 is 11.4. The second-order valence-electron chi connectivity index (χ2n) is 5.26. The second kappa shape index (κ2) is 8.18. The van der Waals surface area contributed by atoms with Crippen LogP contribution >= 0.6 is 23.8 Å². The van der Waals surface area contributed by atoms with Gasteiger partial charge in [0.15, 0.2) is 5.11 Å². The molecule has 0 fully saturated rings. The van der Waals surface area contributed by atoms with Crippen molar-refractivity contribution >= 4 is 46.0 Å². The van der Waals surface area contributed by atoms with E-state index in [1.54, 1.807) is 0 Å². The fraction of sp³-hybridized carbons (Fsp3) is 0.278. The topological polar surface area (TPSA) is 27.3 Å². The summed E-state index contributed by atoms with van der Waals surface area (Å²) in [5.74, 6) is 0. The minimum Gasteiger partial charge on any atom is -0.372 e. The molecular formula is C18H22ClN3S. The summed E-state index contributed by atoms with van der Waals surface area (Å²) in [6.07, 6.45) is 0. The molecule has 0 unspecified atom stereocenters. The van der Waals surface area contributed by atoms with E-state index >= 15 is 0 Å². The van der Waals surface area contributed by atoms with E-state index in [1.165, 1.54) is 5.69 Å². The van der Waals surface area contributed by atoms with Crippen molar-refractivity contribution in [2.45, 2.75) is 20.8 Å². The van der Waals surface area contributed by atoms with Crippen LogP contribution in [0.1, 0.15) is 19.4 Å². The van der Waals surface area contributed by atoms with Crippen LogP contribution in [0.2, 0.25) is 5.02 Å². The molecule has 0 atom stereocenters. The van der Waals surface area contributed by atoms with Gasteiger partial charge in [0.2, 0.25) is 0 Å². The van der Waals surface area contributed by atoms with Gasteiger partial charge in [0.25, 0.3) is 0 Å². The zero-order valence-corrected chi connectivity index (χ0v) is 15.3. The molecule has 2 aromatic carbocycles. The first kappa shape index (κ1) is 17.6. The second-order valence-corrected chi connectivity index (χ2v) is 6.10. The Morgan fingerprint density at radius 2 is 1.70 bits per heavy atom.